The summed E-state index contributed by atoms with van der Waals surface area (Å²) in [5.41, 5.74) is 8.36. The Bertz CT molecular complexity index is 1400. The summed E-state index contributed by atoms with van der Waals surface area (Å²) in [6.45, 7) is 5.19. The molecule has 9 heteroatoms. The van der Waals surface area contributed by atoms with E-state index in [1.807, 2.05) is 31.2 Å². The van der Waals surface area contributed by atoms with Gasteiger partial charge >= 0.3 is 0 Å². The Balaban J connectivity index is 1.82. The van der Waals surface area contributed by atoms with Crippen molar-refractivity contribution in [3.63, 3.8) is 0 Å². The van der Waals surface area contributed by atoms with E-state index >= 15 is 0 Å². The lowest BCUT2D eigenvalue weighted by atomic mass is 10.0. The van der Waals surface area contributed by atoms with Gasteiger partial charge in [-0.05, 0) is 50.6 Å². The molecule has 0 aliphatic heterocycles. The molecule has 0 fully saturated rings. The van der Waals surface area contributed by atoms with Crippen molar-refractivity contribution in [2.24, 2.45) is 0 Å². The van der Waals surface area contributed by atoms with Crippen LogP contribution in [0, 0.1) is 6.92 Å². The number of rotatable bonds is 6. The highest BCUT2D eigenvalue weighted by Crippen LogP contribution is 2.38. The van der Waals surface area contributed by atoms with E-state index in [0.717, 1.165) is 16.3 Å². The highest BCUT2D eigenvalue weighted by Gasteiger charge is 2.19. The van der Waals surface area contributed by atoms with Crippen molar-refractivity contribution in [1.82, 2.24) is 15.0 Å². The van der Waals surface area contributed by atoms with E-state index in [1.165, 1.54) is 0 Å². The molecule has 0 aliphatic carbocycles. The van der Waals surface area contributed by atoms with Crippen LogP contribution < -0.4 is 15.2 Å². The summed E-state index contributed by atoms with van der Waals surface area (Å²) in [6, 6.07) is 14.5. The van der Waals surface area contributed by atoms with Gasteiger partial charge in [-0.25, -0.2) is 23.4 Å². The summed E-state index contributed by atoms with van der Waals surface area (Å²) in [6.07, 6.45) is 3.21. The van der Waals surface area contributed by atoms with E-state index in [-0.39, 0.29) is 5.95 Å². The van der Waals surface area contributed by atoms with Gasteiger partial charge in [0.25, 0.3) is 0 Å². The number of aryl methyl sites for hydroxylation is 1. The fourth-order valence-corrected chi connectivity index (χ4v) is 3.94. The molecule has 4 rings (SSSR count). The molecule has 8 nitrogen and oxygen atoms in total. The number of nitrogens with two attached hydrogens (primary N) is 1. The normalized spacial score (nSPS) is 11.6. The van der Waals surface area contributed by atoms with Crippen molar-refractivity contribution in [3.05, 3.63) is 66.5 Å². The molecule has 3 N–H and O–H groups in total. The number of anilines is 2. The molecule has 4 aromatic rings. The molecule has 0 saturated carbocycles. The molecule has 0 amide bonds. The fourth-order valence-electron chi connectivity index (χ4n) is 3.22. The Labute approximate surface area is 186 Å². The molecule has 0 aliphatic rings. The zero-order valence-electron chi connectivity index (χ0n) is 17.9. The molecule has 2 aromatic carbocycles. The van der Waals surface area contributed by atoms with E-state index in [1.54, 1.807) is 50.5 Å². The van der Waals surface area contributed by atoms with Crippen LogP contribution in [0.1, 0.15) is 19.4 Å². The maximum absolute atomic E-state index is 12.4. The predicted molar refractivity (Wildman–Crippen MR) is 126 cm³/mol. The zero-order valence-corrected chi connectivity index (χ0v) is 18.7. The van der Waals surface area contributed by atoms with Crippen LogP contribution in [0.5, 0.6) is 11.6 Å². The zero-order chi connectivity index (χ0) is 22.9. The van der Waals surface area contributed by atoms with Crippen LogP contribution in [0.15, 0.2) is 60.9 Å². The number of nitrogens with one attached hydrogen (secondary N) is 1. The monoisotopic (exact) mass is 449 g/mol. The lowest BCUT2D eigenvalue weighted by Gasteiger charge is -2.17. The first-order valence-electron chi connectivity index (χ1n) is 10.0. The first kappa shape index (κ1) is 21.5. The molecule has 32 heavy (non-hydrogen) atoms. The second kappa shape index (κ2) is 8.43. The average molecular weight is 450 g/mol. The van der Waals surface area contributed by atoms with Crippen molar-refractivity contribution in [1.29, 1.82) is 0 Å². The van der Waals surface area contributed by atoms with Crippen LogP contribution >= 0.6 is 0 Å². The summed E-state index contributed by atoms with van der Waals surface area (Å²) >= 11 is 0. The number of aromatic nitrogens is 3. The molecular weight excluding hydrogens is 426 g/mol. The topological polar surface area (TPSA) is 120 Å². The van der Waals surface area contributed by atoms with Gasteiger partial charge in [0.1, 0.15) is 5.75 Å². The first-order chi connectivity index (χ1) is 15.3. The van der Waals surface area contributed by atoms with Crippen LogP contribution in [0.2, 0.25) is 0 Å². The van der Waals surface area contributed by atoms with Gasteiger partial charge in [-0.2, -0.15) is 0 Å². The maximum Gasteiger partial charge on any atom is 0.235 e. The Morgan fingerprint density at radius 3 is 2.53 bits per heavy atom. The molecule has 0 bridgehead atoms. The quantitative estimate of drug-likeness (QED) is 0.444. The number of sulfonamides is 1. The van der Waals surface area contributed by atoms with Gasteiger partial charge in [0.2, 0.25) is 21.9 Å². The number of ether oxygens (including phenoxy) is 1. The number of fused-ring (bicyclic) bond motifs is 1. The predicted octanol–water partition coefficient (Wildman–Crippen LogP) is 4.52. The Morgan fingerprint density at radius 2 is 1.78 bits per heavy atom. The van der Waals surface area contributed by atoms with E-state index < -0.39 is 15.3 Å². The van der Waals surface area contributed by atoms with Crippen LogP contribution in [0.3, 0.4) is 0 Å². The second-order valence-electron chi connectivity index (χ2n) is 7.57. The van der Waals surface area contributed by atoms with Crippen molar-refractivity contribution < 1.29 is 13.2 Å². The minimum absolute atomic E-state index is 0.153. The molecule has 0 atom stereocenters. The van der Waals surface area contributed by atoms with Crippen LogP contribution in [0.25, 0.3) is 22.0 Å². The number of nitrogens with zero attached hydrogens (tertiary/aromatic N) is 3. The number of hydrogen-bond donors (Lipinski definition) is 2. The lowest BCUT2D eigenvalue weighted by Crippen LogP contribution is -2.22. The molecule has 0 radical (unpaired) electrons. The molecule has 2 aromatic heterocycles. The summed E-state index contributed by atoms with van der Waals surface area (Å²) in [5.74, 6) is 1.09. The number of hydrogen-bond acceptors (Lipinski definition) is 7. The minimum Gasteiger partial charge on any atom is -0.437 e. The Morgan fingerprint density at radius 1 is 0.969 bits per heavy atom. The van der Waals surface area contributed by atoms with Crippen molar-refractivity contribution in [2.75, 3.05) is 10.5 Å². The number of benzene rings is 2. The summed E-state index contributed by atoms with van der Waals surface area (Å²) in [7, 11) is -3.50. The van der Waals surface area contributed by atoms with Crippen LogP contribution in [-0.2, 0) is 10.0 Å². The molecule has 0 unspecified atom stereocenters. The minimum atomic E-state index is -3.50. The fraction of sp³-hybridized carbons (Fsp3) is 0.174. The molecule has 0 saturated heterocycles. The molecule has 2 heterocycles. The van der Waals surface area contributed by atoms with E-state index in [4.69, 9.17) is 10.5 Å². The third kappa shape index (κ3) is 4.19. The summed E-state index contributed by atoms with van der Waals surface area (Å²) in [4.78, 5) is 12.6. The van der Waals surface area contributed by atoms with E-state index in [0.29, 0.717) is 28.6 Å². The summed E-state index contributed by atoms with van der Waals surface area (Å²) < 4.78 is 33.9. The van der Waals surface area contributed by atoms with Crippen molar-refractivity contribution in [2.45, 2.75) is 26.0 Å². The third-order valence-corrected chi connectivity index (χ3v) is 6.75. The lowest BCUT2D eigenvalue weighted by molar-refractivity contribution is 0.466. The maximum atomic E-state index is 12.4. The van der Waals surface area contributed by atoms with Gasteiger partial charge in [-0.1, -0.05) is 24.3 Å². The largest absolute Gasteiger partial charge is 0.437 e. The number of nitrogen functional groups attached to an aromatic ring is 1. The molecule has 0 spiro atoms. The average Bonchev–Trinajstić information content (AvgIpc) is 2.76. The highest BCUT2D eigenvalue weighted by molar-refractivity contribution is 7.93. The van der Waals surface area contributed by atoms with Gasteiger partial charge in [-0.15, -0.1) is 0 Å². The Kier molecular flexibility index (Phi) is 5.67. The molecule has 164 valence electrons. The Hall–Kier alpha value is -3.72. The number of pyridine rings is 1. The van der Waals surface area contributed by atoms with Crippen molar-refractivity contribution in [3.8, 4) is 22.9 Å². The van der Waals surface area contributed by atoms with Gasteiger partial charge in [0.05, 0.1) is 22.2 Å². The SMILES string of the molecule is Cc1ccc2c(NS(=O)(=O)C(C)C)cccc2c1Oc1ncccc1-c1ccnc(N)n1. The van der Waals surface area contributed by atoms with Crippen molar-refractivity contribution >= 4 is 32.4 Å². The van der Waals surface area contributed by atoms with Gasteiger partial charge in [-0.3, -0.25) is 4.72 Å². The molecular formula is C23H23N5O3S. The van der Waals surface area contributed by atoms with Gasteiger partial charge in [0, 0.05) is 23.2 Å². The first-order valence-corrected chi connectivity index (χ1v) is 11.6. The smallest absolute Gasteiger partial charge is 0.235 e. The summed E-state index contributed by atoms with van der Waals surface area (Å²) in [5, 5.41) is 0.921. The van der Waals surface area contributed by atoms with Gasteiger partial charge in [0.15, 0.2) is 0 Å². The standard InChI is InChI=1S/C23H23N5O3S/c1-14(2)32(29,30)28-20-8-4-6-17-16(20)10-9-15(3)21(17)31-22-18(7-5-12-25-22)19-11-13-26-23(24)27-19/h4-14,28H,1-3H3,(H2,24,26,27). The highest BCUT2D eigenvalue weighted by atomic mass is 32.2. The second-order valence-corrected chi connectivity index (χ2v) is 9.80. The van der Waals surface area contributed by atoms with Crippen LogP contribution in [-0.4, -0.2) is 28.6 Å². The van der Waals surface area contributed by atoms with Crippen LogP contribution in [0.4, 0.5) is 11.6 Å². The van der Waals surface area contributed by atoms with E-state index in [2.05, 4.69) is 19.7 Å². The van der Waals surface area contributed by atoms with Gasteiger partial charge < -0.3 is 10.5 Å². The van der Waals surface area contributed by atoms with E-state index in [9.17, 15) is 8.42 Å². The third-order valence-electron chi connectivity index (χ3n) is 5.00.